The van der Waals surface area contributed by atoms with Crippen molar-refractivity contribution in [3.63, 3.8) is 0 Å². The Morgan fingerprint density at radius 1 is 1.09 bits per heavy atom. The van der Waals surface area contributed by atoms with Crippen LogP contribution in [0.5, 0.6) is 11.6 Å². The van der Waals surface area contributed by atoms with Crippen LogP contribution in [0.2, 0.25) is 0 Å². The molecule has 0 bridgehead atoms. The number of methoxy groups -OCH3 is 1. The van der Waals surface area contributed by atoms with E-state index in [0.29, 0.717) is 49.6 Å². The topological polar surface area (TPSA) is 182 Å². The minimum Gasteiger partial charge on any atom is -0.494 e. The number of halogens is 4. The van der Waals surface area contributed by atoms with E-state index in [1.165, 1.54) is 13.3 Å². The number of rotatable bonds is 9. The van der Waals surface area contributed by atoms with Gasteiger partial charge in [0.05, 0.1) is 19.9 Å². The van der Waals surface area contributed by atoms with Crippen molar-refractivity contribution in [3.8, 4) is 11.6 Å². The lowest BCUT2D eigenvalue weighted by atomic mass is 9.88. The van der Waals surface area contributed by atoms with E-state index in [-0.39, 0.29) is 44.0 Å². The number of hydrogen-bond acceptors (Lipinski definition) is 10. The SMILES string of the molecule is COc1cnc(OC2CC3C(=O)NC4(C(=O)NS(=O)(=O)C5(CF)CC5)CC4C=CCCC(C)CC(C)C(NC(=O)OC(C)(C)C(F)(F)F)C(=O)N3C2)c2ccccc12. The third-order valence-electron chi connectivity index (χ3n) is 11.8. The Hall–Kier alpha value is -4.68. The smallest absolute Gasteiger partial charge is 0.427 e. The molecule has 2 saturated carbocycles. The minimum absolute atomic E-state index is 0.0131. The number of aromatic nitrogens is 1. The first kappa shape index (κ1) is 42.9. The van der Waals surface area contributed by atoms with Gasteiger partial charge in [0.15, 0.2) is 0 Å². The average Bonchev–Trinajstić information content (AvgIpc) is 4.06. The van der Waals surface area contributed by atoms with Crippen LogP contribution in [-0.2, 0) is 29.1 Å². The van der Waals surface area contributed by atoms with Gasteiger partial charge in [0.1, 0.15) is 40.9 Å². The van der Waals surface area contributed by atoms with Crippen molar-refractivity contribution in [1.29, 1.82) is 0 Å². The van der Waals surface area contributed by atoms with E-state index in [2.05, 4.69) is 15.6 Å². The zero-order valence-corrected chi connectivity index (χ0v) is 33.7. The van der Waals surface area contributed by atoms with Crippen LogP contribution in [-0.4, -0.2) is 103 Å². The first-order valence-electron chi connectivity index (χ1n) is 19.2. The Balaban J connectivity index is 1.36. The maximum atomic E-state index is 14.7. The lowest BCUT2D eigenvalue weighted by molar-refractivity contribution is -0.244. The highest BCUT2D eigenvalue weighted by Gasteiger charge is 2.64. The lowest BCUT2D eigenvalue weighted by Crippen LogP contribution is -2.60. The summed E-state index contributed by atoms with van der Waals surface area (Å²) in [7, 11) is -2.98. The van der Waals surface area contributed by atoms with Crippen LogP contribution in [0.4, 0.5) is 22.4 Å². The largest absolute Gasteiger partial charge is 0.494 e. The van der Waals surface area contributed by atoms with Gasteiger partial charge in [-0.15, -0.1) is 0 Å². The van der Waals surface area contributed by atoms with Gasteiger partial charge >= 0.3 is 12.3 Å². The summed E-state index contributed by atoms with van der Waals surface area (Å²) in [4.78, 5) is 61.7. The van der Waals surface area contributed by atoms with E-state index < -0.39 is 92.6 Å². The Labute approximate surface area is 333 Å². The molecule has 1 aromatic heterocycles. The monoisotopic (exact) mass is 839 g/mol. The Bertz CT molecular complexity index is 2080. The molecular formula is C39H49F4N5O9S. The standard InChI is InChI=1S/C39H49F4N5O9S/c1-22-10-6-7-11-24-18-38(24,34(51)47-58(53,54)37(21-40)14-15-37)46-31(49)28-17-25(56-32-27-13-9-8-12-26(27)29(55-5)19-44-32)20-48(28)33(50)30(23(2)16-22)45-35(52)57-36(3,4)39(41,42)43/h7-9,11-13,19,22-25,28,30H,6,10,14-18,20-21H2,1-5H3,(H,45,52)(H,46,49)(H,47,51). The van der Waals surface area contributed by atoms with E-state index >= 15 is 0 Å². The third-order valence-corrected chi connectivity index (χ3v) is 13.9. The maximum absolute atomic E-state index is 14.7. The van der Waals surface area contributed by atoms with E-state index in [0.717, 1.165) is 4.90 Å². The summed E-state index contributed by atoms with van der Waals surface area (Å²) in [6.07, 6.45) is -1.05. The molecule has 318 valence electrons. The van der Waals surface area contributed by atoms with Gasteiger partial charge < -0.3 is 29.7 Å². The molecule has 1 saturated heterocycles. The van der Waals surface area contributed by atoms with Crippen molar-refractivity contribution < 1.29 is 59.4 Å². The van der Waals surface area contributed by atoms with Gasteiger partial charge in [-0.1, -0.05) is 44.2 Å². The molecule has 7 unspecified atom stereocenters. The number of carbonyl (C=O) groups excluding carboxylic acids is 4. The van der Waals surface area contributed by atoms with Crippen LogP contribution < -0.4 is 24.8 Å². The van der Waals surface area contributed by atoms with E-state index in [1.807, 2.05) is 11.6 Å². The van der Waals surface area contributed by atoms with Gasteiger partial charge in [0, 0.05) is 23.1 Å². The number of carbonyl (C=O) groups is 4. The maximum Gasteiger partial charge on any atom is 0.427 e. The van der Waals surface area contributed by atoms with Crippen LogP contribution in [0.1, 0.15) is 72.6 Å². The summed E-state index contributed by atoms with van der Waals surface area (Å²) in [5, 5.41) is 6.30. The van der Waals surface area contributed by atoms with Gasteiger partial charge in [-0.2, -0.15) is 13.2 Å². The normalized spacial score (nSPS) is 28.9. The number of ether oxygens (including phenoxy) is 3. The highest BCUT2D eigenvalue weighted by molar-refractivity contribution is 7.91. The zero-order valence-electron chi connectivity index (χ0n) is 32.9. The highest BCUT2D eigenvalue weighted by atomic mass is 32.2. The Kier molecular flexibility index (Phi) is 11.7. The van der Waals surface area contributed by atoms with Crippen molar-refractivity contribution in [2.75, 3.05) is 20.3 Å². The van der Waals surface area contributed by atoms with E-state index in [1.54, 1.807) is 43.3 Å². The number of nitrogens with one attached hydrogen (secondary N) is 3. The summed E-state index contributed by atoms with van der Waals surface area (Å²) in [5.41, 5.74) is -4.67. The summed E-state index contributed by atoms with van der Waals surface area (Å²) < 4.78 is 98.2. The molecule has 2 aliphatic carbocycles. The van der Waals surface area contributed by atoms with Gasteiger partial charge in [0.25, 0.3) is 5.91 Å². The Morgan fingerprint density at radius 3 is 2.41 bits per heavy atom. The summed E-state index contributed by atoms with van der Waals surface area (Å²) in [6, 6.07) is 4.23. The second-order valence-corrected chi connectivity index (χ2v) is 18.6. The molecular weight excluding hydrogens is 791 g/mol. The van der Waals surface area contributed by atoms with Crippen molar-refractivity contribution in [3.05, 3.63) is 42.6 Å². The van der Waals surface area contributed by atoms with Crippen LogP contribution in [0.15, 0.2) is 42.6 Å². The summed E-state index contributed by atoms with van der Waals surface area (Å²) in [5.74, 6) is -3.48. The predicted octanol–water partition coefficient (Wildman–Crippen LogP) is 4.86. The molecule has 19 heteroatoms. The average molecular weight is 840 g/mol. The quantitative estimate of drug-likeness (QED) is 0.233. The fourth-order valence-corrected chi connectivity index (χ4v) is 9.18. The molecule has 0 radical (unpaired) electrons. The minimum atomic E-state index is -4.93. The molecule has 4 amide bonds. The number of allylic oxidation sites excluding steroid dienone is 1. The highest BCUT2D eigenvalue weighted by Crippen LogP contribution is 2.48. The number of pyridine rings is 1. The Morgan fingerprint density at radius 2 is 1.78 bits per heavy atom. The fourth-order valence-electron chi connectivity index (χ4n) is 7.75. The second kappa shape index (κ2) is 15.8. The molecule has 0 spiro atoms. The number of amides is 4. The molecule has 6 rings (SSSR count). The number of alkyl halides is 4. The number of sulfonamides is 1. The van der Waals surface area contributed by atoms with Crippen LogP contribution in [0.3, 0.4) is 0 Å². The predicted molar refractivity (Wildman–Crippen MR) is 202 cm³/mol. The fraction of sp³-hybridized carbons (Fsp3) is 0.615. The zero-order chi connectivity index (χ0) is 42.4. The number of fused-ring (bicyclic) bond motifs is 3. The van der Waals surface area contributed by atoms with Crippen LogP contribution in [0, 0.1) is 17.8 Å². The molecule has 1 aromatic carbocycles. The van der Waals surface area contributed by atoms with Gasteiger partial charge in [-0.3, -0.25) is 19.1 Å². The van der Waals surface area contributed by atoms with Crippen molar-refractivity contribution in [2.45, 2.75) is 113 Å². The summed E-state index contributed by atoms with van der Waals surface area (Å²) >= 11 is 0. The van der Waals surface area contributed by atoms with Crippen molar-refractivity contribution in [2.24, 2.45) is 17.8 Å². The molecule has 4 aliphatic rings. The number of benzene rings is 1. The lowest BCUT2D eigenvalue weighted by Gasteiger charge is -2.34. The van der Waals surface area contributed by atoms with Gasteiger partial charge in [-0.25, -0.2) is 22.6 Å². The molecule has 3 N–H and O–H groups in total. The molecule has 7 atom stereocenters. The first-order valence-corrected chi connectivity index (χ1v) is 20.7. The van der Waals surface area contributed by atoms with Crippen molar-refractivity contribution in [1.82, 2.24) is 25.2 Å². The van der Waals surface area contributed by atoms with Crippen molar-refractivity contribution >= 4 is 44.6 Å². The van der Waals surface area contributed by atoms with E-state index in [4.69, 9.17) is 14.2 Å². The number of nitrogens with zero attached hydrogens (tertiary/aromatic N) is 2. The number of hydrogen-bond donors (Lipinski definition) is 3. The van der Waals surface area contributed by atoms with Crippen LogP contribution >= 0.6 is 0 Å². The molecule has 2 aliphatic heterocycles. The molecule has 14 nitrogen and oxygen atoms in total. The van der Waals surface area contributed by atoms with E-state index in [9.17, 15) is 45.2 Å². The summed E-state index contributed by atoms with van der Waals surface area (Å²) in [6.45, 7) is 3.48. The van der Waals surface area contributed by atoms with Crippen LogP contribution in [0.25, 0.3) is 10.8 Å². The first-order chi connectivity index (χ1) is 27.2. The molecule has 58 heavy (non-hydrogen) atoms. The molecule has 3 heterocycles. The molecule has 3 fully saturated rings. The van der Waals surface area contributed by atoms with Gasteiger partial charge in [0.2, 0.25) is 33.3 Å². The third kappa shape index (κ3) is 8.41. The number of alkyl carbamates (subject to hydrolysis) is 1. The van der Waals surface area contributed by atoms with Gasteiger partial charge in [-0.05, 0) is 70.3 Å². The second-order valence-electron chi connectivity index (χ2n) is 16.5. The molecule has 2 aromatic rings.